The SMILES string of the molecule is COc1ccc(Cn2c(C)c(C)c3ccnc(OCC4CCCO4)c32)cc1.Cl. The van der Waals surface area contributed by atoms with Crippen molar-refractivity contribution in [3.05, 3.63) is 53.3 Å². The number of aryl methyl sites for hydroxylation is 1. The fourth-order valence-corrected chi connectivity index (χ4v) is 3.73. The van der Waals surface area contributed by atoms with Gasteiger partial charge in [0.05, 0.1) is 13.2 Å². The largest absolute Gasteiger partial charge is 0.497 e. The van der Waals surface area contributed by atoms with Gasteiger partial charge in [-0.05, 0) is 56.0 Å². The lowest BCUT2D eigenvalue weighted by molar-refractivity contribution is 0.0668. The maximum Gasteiger partial charge on any atom is 0.238 e. The fraction of sp³-hybridized carbons (Fsp3) is 0.409. The van der Waals surface area contributed by atoms with Crippen LogP contribution in [-0.4, -0.2) is 36.0 Å². The third-order valence-corrected chi connectivity index (χ3v) is 5.44. The molecular formula is C22H27ClN2O3. The van der Waals surface area contributed by atoms with E-state index in [1.165, 1.54) is 22.2 Å². The van der Waals surface area contributed by atoms with E-state index in [2.05, 4.69) is 41.6 Å². The second-order valence-corrected chi connectivity index (χ2v) is 7.10. The first-order chi connectivity index (χ1) is 13.2. The quantitative estimate of drug-likeness (QED) is 0.600. The minimum atomic E-state index is 0. The summed E-state index contributed by atoms with van der Waals surface area (Å²) < 4.78 is 19.4. The molecule has 0 radical (unpaired) electrons. The molecule has 150 valence electrons. The number of ether oxygens (including phenoxy) is 3. The summed E-state index contributed by atoms with van der Waals surface area (Å²) >= 11 is 0. The number of benzene rings is 1. The molecule has 5 nitrogen and oxygen atoms in total. The second kappa shape index (κ2) is 8.84. The fourth-order valence-electron chi connectivity index (χ4n) is 3.73. The Balaban J connectivity index is 0.00000225. The Morgan fingerprint density at radius 1 is 1.18 bits per heavy atom. The molecule has 0 aliphatic carbocycles. The van der Waals surface area contributed by atoms with Gasteiger partial charge in [0.15, 0.2) is 0 Å². The van der Waals surface area contributed by atoms with E-state index in [9.17, 15) is 0 Å². The van der Waals surface area contributed by atoms with Gasteiger partial charge in [0.1, 0.15) is 17.9 Å². The van der Waals surface area contributed by atoms with Crippen LogP contribution in [-0.2, 0) is 11.3 Å². The van der Waals surface area contributed by atoms with Crippen molar-refractivity contribution < 1.29 is 14.2 Å². The van der Waals surface area contributed by atoms with Crippen LogP contribution < -0.4 is 9.47 Å². The van der Waals surface area contributed by atoms with E-state index in [1.807, 2.05) is 18.3 Å². The van der Waals surface area contributed by atoms with Crippen LogP contribution in [0.3, 0.4) is 0 Å². The van der Waals surface area contributed by atoms with Crippen LogP contribution in [0.15, 0.2) is 36.5 Å². The number of halogens is 1. The highest BCUT2D eigenvalue weighted by Crippen LogP contribution is 2.32. The van der Waals surface area contributed by atoms with Crippen molar-refractivity contribution >= 4 is 23.3 Å². The Kier molecular flexibility index (Phi) is 6.47. The number of hydrogen-bond donors (Lipinski definition) is 0. The van der Waals surface area contributed by atoms with Crippen molar-refractivity contribution in [1.29, 1.82) is 0 Å². The van der Waals surface area contributed by atoms with Crippen molar-refractivity contribution in [2.24, 2.45) is 0 Å². The standard InChI is InChI=1S/C22H26N2O3.ClH/c1-15-16(2)24(13-17-6-8-18(25-3)9-7-17)21-20(15)10-11-23-22(21)27-14-19-5-4-12-26-19;/h6-11,19H,4-5,12-14H2,1-3H3;1H. The Morgan fingerprint density at radius 3 is 2.64 bits per heavy atom. The van der Waals surface area contributed by atoms with E-state index in [-0.39, 0.29) is 18.5 Å². The number of fused-ring (bicyclic) bond motifs is 1. The summed E-state index contributed by atoms with van der Waals surface area (Å²) in [6.45, 7) is 6.46. The molecule has 1 aromatic carbocycles. The van der Waals surface area contributed by atoms with Gasteiger partial charge in [0.2, 0.25) is 5.88 Å². The molecule has 4 rings (SSSR count). The number of nitrogens with zero attached hydrogens (tertiary/aromatic N) is 2. The Bertz CT molecular complexity index is 931. The molecule has 0 saturated carbocycles. The molecule has 28 heavy (non-hydrogen) atoms. The minimum absolute atomic E-state index is 0. The average molecular weight is 403 g/mol. The van der Waals surface area contributed by atoms with Gasteiger partial charge in [-0.25, -0.2) is 4.98 Å². The van der Waals surface area contributed by atoms with Crippen LogP contribution in [0, 0.1) is 13.8 Å². The molecule has 6 heteroatoms. The van der Waals surface area contributed by atoms with E-state index >= 15 is 0 Å². The maximum atomic E-state index is 6.11. The summed E-state index contributed by atoms with van der Waals surface area (Å²) in [7, 11) is 1.69. The van der Waals surface area contributed by atoms with Crippen LogP contribution in [0.25, 0.3) is 10.9 Å². The van der Waals surface area contributed by atoms with Gasteiger partial charge in [-0.15, -0.1) is 12.4 Å². The second-order valence-electron chi connectivity index (χ2n) is 7.10. The number of methoxy groups -OCH3 is 1. The highest BCUT2D eigenvalue weighted by molar-refractivity contribution is 5.89. The van der Waals surface area contributed by atoms with Crippen molar-refractivity contribution in [2.45, 2.75) is 39.3 Å². The van der Waals surface area contributed by atoms with Crippen LogP contribution in [0.4, 0.5) is 0 Å². The van der Waals surface area contributed by atoms with Crippen molar-refractivity contribution in [3.8, 4) is 11.6 Å². The number of aromatic nitrogens is 2. The number of hydrogen-bond acceptors (Lipinski definition) is 4. The van der Waals surface area contributed by atoms with E-state index < -0.39 is 0 Å². The van der Waals surface area contributed by atoms with Crippen LogP contribution >= 0.6 is 12.4 Å². The zero-order valence-corrected chi connectivity index (χ0v) is 17.4. The monoisotopic (exact) mass is 402 g/mol. The molecule has 0 N–H and O–H groups in total. The molecule has 1 aliphatic heterocycles. The Hall–Kier alpha value is -2.24. The van der Waals surface area contributed by atoms with Crippen molar-refractivity contribution in [2.75, 3.05) is 20.3 Å². The summed E-state index contributed by atoms with van der Waals surface area (Å²) in [5, 5.41) is 1.19. The van der Waals surface area contributed by atoms with Gasteiger partial charge in [-0.3, -0.25) is 0 Å². The Morgan fingerprint density at radius 2 is 1.96 bits per heavy atom. The molecule has 1 saturated heterocycles. The summed E-state index contributed by atoms with van der Waals surface area (Å²) in [4.78, 5) is 4.53. The molecular weight excluding hydrogens is 376 g/mol. The first kappa shape index (κ1) is 20.5. The van der Waals surface area contributed by atoms with E-state index in [1.54, 1.807) is 7.11 Å². The summed E-state index contributed by atoms with van der Waals surface area (Å²) in [6, 6.07) is 10.3. The van der Waals surface area contributed by atoms with Crippen LogP contribution in [0.2, 0.25) is 0 Å². The lowest BCUT2D eigenvalue weighted by Crippen LogP contribution is -2.17. The van der Waals surface area contributed by atoms with Crippen molar-refractivity contribution in [3.63, 3.8) is 0 Å². The predicted octanol–water partition coefficient (Wildman–Crippen LogP) is 4.69. The number of pyridine rings is 1. The zero-order valence-electron chi connectivity index (χ0n) is 16.6. The predicted molar refractivity (Wildman–Crippen MR) is 113 cm³/mol. The molecule has 1 aliphatic rings. The van der Waals surface area contributed by atoms with Crippen LogP contribution in [0.1, 0.15) is 29.7 Å². The van der Waals surface area contributed by atoms with Gasteiger partial charge in [0.25, 0.3) is 0 Å². The molecule has 3 aromatic rings. The molecule has 0 bridgehead atoms. The number of rotatable bonds is 6. The smallest absolute Gasteiger partial charge is 0.238 e. The summed E-state index contributed by atoms with van der Waals surface area (Å²) in [6.07, 6.45) is 4.17. The first-order valence-corrected chi connectivity index (χ1v) is 9.49. The van der Waals surface area contributed by atoms with Crippen molar-refractivity contribution in [1.82, 2.24) is 9.55 Å². The topological polar surface area (TPSA) is 45.5 Å². The van der Waals surface area contributed by atoms with E-state index in [0.29, 0.717) is 12.5 Å². The molecule has 0 spiro atoms. The highest BCUT2D eigenvalue weighted by atomic mass is 35.5. The van der Waals surface area contributed by atoms with Gasteiger partial charge < -0.3 is 18.8 Å². The van der Waals surface area contributed by atoms with Gasteiger partial charge in [0, 0.05) is 30.4 Å². The zero-order chi connectivity index (χ0) is 18.8. The molecule has 0 amide bonds. The summed E-state index contributed by atoms with van der Waals surface area (Å²) in [5.41, 5.74) is 4.77. The molecule has 1 fully saturated rings. The third-order valence-electron chi connectivity index (χ3n) is 5.44. The lowest BCUT2D eigenvalue weighted by Gasteiger charge is -2.14. The van der Waals surface area contributed by atoms with Gasteiger partial charge in [-0.1, -0.05) is 12.1 Å². The van der Waals surface area contributed by atoms with Crippen LogP contribution in [0.5, 0.6) is 11.6 Å². The van der Waals surface area contributed by atoms with E-state index in [0.717, 1.165) is 37.3 Å². The molecule has 2 aromatic heterocycles. The maximum absolute atomic E-state index is 6.11. The van der Waals surface area contributed by atoms with Gasteiger partial charge in [-0.2, -0.15) is 0 Å². The van der Waals surface area contributed by atoms with Gasteiger partial charge >= 0.3 is 0 Å². The normalized spacial score (nSPS) is 16.2. The first-order valence-electron chi connectivity index (χ1n) is 9.49. The van der Waals surface area contributed by atoms with E-state index in [4.69, 9.17) is 14.2 Å². The molecule has 1 atom stereocenters. The third kappa shape index (κ3) is 3.96. The average Bonchev–Trinajstić information content (AvgIpc) is 3.30. The molecule has 1 unspecified atom stereocenters. The summed E-state index contributed by atoms with van der Waals surface area (Å²) in [5.74, 6) is 1.55. The Labute approximate surface area is 172 Å². The lowest BCUT2D eigenvalue weighted by atomic mass is 10.2. The highest BCUT2D eigenvalue weighted by Gasteiger charge is 2.20. The molecule has 3 heterocycles. The minimum Gasteiger partial charge on any atom is -0.497 e.